The number of nitrogens with one attached hydrogen (secondary N) is 2. The van der Waals surface area contributed by atoms with Crippen LogP contribution in [0.2, 0.25) is 0 Å². The van der Waals surface area contributed by atoms with E-state index in [9.17, 15) is 14.4 Å². The Morgan fingerprint density at radius 3 is 2.64 bits per heavy atom. The molecule has 0 spiro atoms. The van der Waals surface area contributed by atoms with Gasteiger partial charge < -0.3 is 20.3 Å². The van der Waals surface area contributed by atoms with Crippen molar-refractivity contribution in [3.63, 3.8) is 0 Å². The first-order chi connectivity index (χ1) is 16.8. The van der Waals surface area contributed by atoms with E-state index >= 15 is 0 Å². The fourth-order valence-corrected chi connectivity index (χ4v) is 6.58. The van der Waals surface area contributed by atoms with E-state index < -0.39 is 5.60 Å². The zero-order valence-electron chi connectivity index (χ0n) is 22.3. The van der Waals surface area contributed by atoms with E-state index in [1.165, 1.54) is 11.1 Å². The van der Waals surface area contributed by atoms with E-state index in [1.807, 2.05) is 20.8 Å². The highest BCUT2D eigenvalue weighted by Crippen LogP contribution is 2.61. The number of hydrogen-bond donors (Lipinski definition) is 2. The quantitative estimate of drug-likeness (QED) is 0.542. The first-order valence-corrected chi connectivity index (χ1v) is 13.8. The monoisotopic (exact) mass is 565 g/mol. The van der Waals surface area contributed by atoms with Gasteiger partial charge in [-0.25, -0.2) is 9.48 Å². The molecule has 1 aromatic heterocycles. The number of anilines is 1. The van der Waals surface area contributed by atoms with Crippen LogP contribution in [0.3, 0.4) is 0 Å². The maximum absolute atomic E-state index is 12.9. The smallest absolute Gasteiger partial charge is 0.410 e. The van der Waals surface area contributed by atoms with Crippen molar-refractivity contribution in [2.45, 2.75) is 79.0 Å². The van der Waals surface area contributed by atoms with Crippen LogP contribution >= 0.6 is 15.9 Å². The third-order valence-electron chi connectivity index (χ3n) is 8.50. The molecule has 2 N–H and O–H groups in total. The third kappa shape index (κ3) is 5.58. The molecule has 1 saturated heterocycles. The zero-order valence-corrected chi connectivity index (χ0v) is 23.9. The van der Waals surface area contributed by atoms with Crippen LogP contribution in [0.1, 0.15) is 60.8 Å². The summed E-state index contributed by atoms with van der Waals surface area (Å²) in [7, 11) is 0. The van der Waals surface area contributed by atoms with E-state index in [2.05, 4.69) is 52.4 Å². The summed E-state index contributed by atoms with van der Waals surface area (Å²) in [6.45, 7) is 14.0. The molecule has 2 bridgehead atoms. The van der Waals surface area contributed by atoms with Crippen LogP contribution in [0, 0.1) is 29.1 Å². The molecule has 3 saturated carbocycles. The normalized spacial score (nSPS) is 28.9. The van der Waals surface area contributed by atoms with Gasteiger partial charge in [0.05, 0.1) is 11.9 Å². The van der Waals surface area contributed by atoms with Crippen molar-refractivity contribution in [2.75, 3.05) is 25.0 Å². The molecule has 2 heterocycles. The second-order valence-corrected chi connectivity index (χ2v) is 13.2. The lowest BCUT2D eigenvalue weighted by Crippen LogP contribution is -2.58. The van der Waals surface area contributed by atoms with Crippen molar-refractivity contribution >= 4 is 33.6 Å². The SMILES string of the molecule is C[C@H]1[C@H](Nc2cnn(CC(=O)NC[C@H]3CCN(C(=O)OC(C)(C)C)C3)c(=O)c2Br)C[C@H]2C[C@@H]1C2(C)C. The van der Waals surface area contributed by atoms with Gasteiger partial charge in [0.25, 0.3) is 5.56 Å². The number of fused-ring (bicyclic) bond motifs is 2. The van der Waals surface area contributed by atoms with Crippen molar-refractivity contribution < 1.29 is 14.3 Å². The Morgan fingerprint density at radius 1 is 1.28 bits per heavy atom. The molecular weight excluding hydrogens is 526 g/mol. The average molecular weight is 567 g/mol. The molecule has 4 aliphatic rings. The van der Waals surface area contributed by atoms with E-state index in [0.717, 1.165) is 12.8 Å². The molecule has 10 heteroatoms. The van der Waals surface area contributed by atoms with Crippen LogP contribution in [0.5, 0.6) is 0 Å². The largest absolute Gasteiger partial charge is 0.444 e. The van der Waals surface area contributed by atoms with Crippen LogP contribution in [0.25, 0.3) is 0 Å². The molecule has 4 fully saturated rings. The van der Waals surface area contributed by atoms with E-state index in [1.54, 1.807) is 11.1 Å². The Kier molecular flexibility index (Phi) is 7.48. The first kappa shape index (κ1) is 26.9. The lowest BCUT2D eigenvalue weighted by molar-refractivity contribution is -0.122. The highest BCUT2D eigenvalue weighted by molar-refractivity contribution is 9.10. The number of carbonyl (C=O) groups is 2. The molecule has 0 aromatic carbocycles. The molecule has 1 aliphatic heterocycles. The van der Waals surface area contributed by atoms with Gasteiger partial charge in [0.15, 0.2) is 0 Å². The second-order valence-electron chi connectivity index (χ2n) is 12.4. The predicted molar refractivity (Wildman–Crippen MR) is 142 cm³/mol. The van der Waals surface area contributed by atoms with Crippen LogP contribution < -0.4 is 16.2 Å². The number of halogens is 1. The summed E-state index contributed by atoms with van der Waals surface area (Å²) in [5, 5.41) is 10.7. The Bertz CT molecular complexity index is 1070. The molecule has 0 radical (unpaired) electrons. The predicted octanol–water partition coefficient (Wildman–Crippen LogP) is 3.86. The molecular formula is C26H40BrN5O4. The minimum absolute atomic E-state index is 0.151. The van der Waals surface area contributed by atoms with Gasteiger partial charge in [-0.05, 0) is 85.1 Å². The molecule has 1 aromatic rings. The molecule has 9 nitrogen and oxygen atoms in total. The van der Waals surface area contributed by atoms with Gasteiger partial charge in [0, 0.05) is 25.7 Å². The maximum atomic E-state index is 12.9. The molecule has 3 aliphatic carbocycles. The average Bonchev–Trinajstić information content (AvgIpc) is 3.26. The highest BCUT2D eigenvalue weighted by Gasteiger charge is 2.56. The number of aromatic nitrogens is 2. The number of ether oxygens (including phenoxy) is 1. The van der Waals surface area contributed by atoms with Gasteiger partial charge in [-0.1, -0.05) is 20.8 Å². The van der Waals surface area contributed by atoms with Crippen molar-refractivity contribution in [2.24, 2.45) is 29.1 Å². The number of amides is 2. The number of rotatable bonds is 6. The van der Waals surface area contributed by atoms with Gasteiger partial charge in [-0.2, -0.15) is 5.10 Å². The summed E-state index contributed by atoms with van der Waals surface area (Å²) in [5.74, 6) is 1.80. The lowest BCUT2D eigenvalue weighted by atomic mass is 9.45. The Hall–Kier alpha value is -2.10. The van der Waals surface area contributed by atoms with Gasteiger partial charge in [0.2, 0.25) is 5.91 Å². The van der Waals surface area contributed by atoms with Gasteiger partial charge in [0.1, 0.15) is 16.6 Å². The topological polar surface area (TPSA) is 106 Å². The molecule has 2 amide bonds. The molecule has 0 unspecified atom stereocenters. The number of nitrogens with zero attached hydrogens (tertiary/aromatic N) is 3. The Balaban J connectivity index is 1.27. The molecule has 5 rings (SSSR count). The third-order valence-corrected chi connectivity index (χ3v) is 9.27. The number of likely N-dealkylation sites (tertiary alicyclic amines) is 1. The van der Waals surface area contributed by atoms with E-state index in [-0.39, 0.29) is 30.0 Å². The molecule has 5 atom stereocenters. The fourth-order valence-electron chi connectivity index (χ4n) is 6.16. The molecule has 200 valence electrons. The summed E-state index contributed by atoms with van der Waals surface area (Å²) in [6, 6.07) is 0.310. The van der Waals surface area contributed by atoms with Crippen LogP contribution in [-0.4, -0.2) is 58.0 Å². The number of hydrogen-bond acceptors (Lipinski definition) is 6. The first-order valence-electron chi connectivity index (χ1n) is 13.0. The lowest BCUT2D eigenvalue weighted by Gasteiger charge is -2.62. The van der Waals surface area contributed by atoms with Crippen molar-refractivity contribution in [3.05, 3.63) is 21.0 Å². The summed E-state index contributed by atoms with van der Waals surface area (Å²) >= 11 is 3.43. The van der Waals surface area contributed by atoms with E-state index in [4.69, 9.17) is 4.74 Å². The van der Waals surface area contributed by atoms with Crippen LogP contribution in [0.15, 0.2) is 15.5 Å². The minimum atomic E-state index is -0.533. The second kappa shape index (κ2) is 9.99. The Labute approximate surface area is 221 Å². The number of carbonyl (C=O) groups excluding carboxylic acids is 2. The van der Waals surface area contributed by atoms with Gasteiger partial charge >= 0.3 is 6.09 Å². The maximum Gasteiger partial charge on any atom is 0.410 e. The summed E-state index contributed by atoms with van der Waals surface area (Å²) < 4.78 is 7.00. The highest BCUT2D eigenvalue weighted by atomic mass is 79.9. The summed E-state index contributed by atoms with van der Waals surface area (Å²) in [5.41, 5.74) is 0.215. The van der Waals surface area contributed by atoms with Gasteiger partial charge in [-0.15, -0.1) is 0 Å². The summed E-state index contributed by atoms with van der Waals surface area (Å²) in [6.07, 6.45) is 4.49. The van der Waals surface area contributed by atoms with Crippen LogP contribution in [-0.2, 0) is 16.1 Å². The Morgan fingerprint density at radius 2 is 2.00 bits per heavy atom. The van der Waals surface area contributed by atoms with Crippen molar-refractivity contribution in [3.8, 4) is 0 Å². The van der Waals surface area contributed by atoms with Crippen molar-refractivity contribution in [1.29, 1.82) is 0 Å². The zero-order chi connectivity index (χ0) is 26.4. The van der Waals surface area contributed by atoms with Crippen molar-refractivity contribution in [1.82, 2.24) is 20.0 Å². The molecule has 36 heavy (non-hydrogen) atoms. The van der Waals surface area contributed by atoms with E-state index in [0.29, 0.717) is 59.0 Å². The summed E-state index contributed by atoms with van der Waals surface area (Å²) in [4.78, 5) is 39.3. The standard InChI is InChI=1S/C26H40BrN5O4/c1-15-18-9-17(26(18,5)6)10-19(15)30-20-12-29-32(23(34)22(20)27)14-21(33)28-11-16-7-8-31(13-16)24(35)36-25(2,3)4/h12,15-19,30H,7-11,13-14H2,1-6H3,(H,28,33)/t15-,16-,17-,18+,19-/m1/s1. The van der Waals surface area contributed by atoms with Gasteiger partial charge in [-0.3, -0.25) is 9.59 Å². The minimum Gasteiger partial charge on any atom is -0.444 e. The van der Waals surface area contributed by atoms with Crippen LogP contribution in [0.4, 0.5) is 10.5 Å². The fraction of sp³-hybridized carbons (Fsp3) is 0.769.